The van der Waals surface area contributed by atoms with Crippen molar-refractivity contribution in [3.05, 3.63) is 0 Å². The first-order chi connectivity index (χ1) is 3.48. The Labute approximate surface area is 47.1 Å². The number of hydrogen-bond acceptors (Lipinski definition) is 0. The van der Waals surface area contributed by atoms with Crippen LogP contribution in [0.4, 0.5) is 12.9 Å². The quantitative estimate of drug-likeness (QED) is 0.497. The van der Waals surface area contributed by atoms with Gasteiger partial charge < -0.3 is 12.9 Å². The molecule has 0 amide bonds. The molecule has 0 aromatic rings. The van der Waals surface area contributed by atoms with Crippen LogP contribution in [0.5, 0.6) is 0 Å². The zero-order valence-corrected chi connectivity index (χ0v) is 5.00. The minimum absolute atomic E-state index is 0.198. The fourth-order valence-corrected chi connectivity index (χ4v) is 0.267. The molecule has 0 heterocycles. The summed E-state index contributed by atoms with van der Waals surface area (Å²) in [7, 11) is 0. The van der Waals surface area contributed by atoms with E-state index in [1.807, 2.05) is 0 Å². The van der Waals surface area contributed by atoms with E-state index in [9.17, 15) is 12.9 Å². The molecule has 1 unspecified atom stereocenters. The van der Waals surface area contributed by atoms with Crippen LogP contribution in [0.2, 0.25) is 5.82 Å². The van der Waals surface area contributed by atoms with Gasteiger partial charge in [0.15, 0.2) is 0 Å². The molecule has 0 saturated carbocycles. The Morgan fingerprint density at radius 1 is 1.38 bits per heavy atom. The SMILES string of the molecule is CCC(C)[B-](F)(F)F. The first-order valence-electron chi connectivity index (χ1n) is 2.68. The first kappa shape index (κ1) is 7.85. The summed E-state index contributed by atoms with van der Waals surface area (Å²) < 4.78 is 34.5. The smallest absolute Gasteiger partial charge is 0.449 e. The highest BCUT2D eigenvalue weighted by molar-refractivity contribution is 6.60. The van der Waals surface area contributed by atoms with Crippen molar-refractivity contribution >= 4 is 6.98 Å². The zero-order valence-electron chi connectivity index (χ0n) is 5.00. The van der Waals surface area contributed by atoms with Gasteiger partial charge in [-0.1, -0.05) is 26.1 Å². The summed E-state index contributed by atoms with van der Waals surface area (Å²) in [5, 5.41) is 0. The van der Waals surface area contributed by atoms with Crippen LogP contribution in [0.25, 0.3) is 0 Å². The highest BCUT2D eigenvalue weighted by Gasteiger charge is 2.29. The van der Waals surface area contributed by atoms with Gasteiger partial charge in [-0.25, -0.2) is 0 Å². The van der Waals surface area contributed by atoms with E-state index in [1.54, 1.807) is 6.92 Å². The Morgan fingerprint density at radius 2 is 1.75 bits per heavy atom. The van der Waals surface area contributed by atoms with Gasteiger partial charge in [0.05, 0.1) is 0 Å². The van der Waals surface area contributed by atoms with Gasteiger partial charge in [-0.05, 0) is 0 Å². The lowest BCUT2D eigenvalue weighted by Crippen LogP contribution is -2.20. The molecule has 0 spiro atoms. The van der Waals surface area contributed by atoms with Gasteiger partial charge in [-0.2, -0.15) is 0 Å². The van der Waals surface area contributed by atoms with Crippen molar-refractivity contribution < 1.29 is 12.9 Å². The van der Waals surface area contributed by atoms with E-state index >= 15 is 0 Å². The topological polar surface area (TPSA) is 0 Å². The van der Waals surface area contributed by atoms with Crippen LogP contribution in [0.3, 0.4) is 0 Å². The molecule has 0 rings (SSSR count). The third kappa shape index (κ3) is 2.24. The molecule has 0 aliphatic heterocycles. The summed E-state index contributed by atoms with van der Waals surface area (Å²) in [5.41, 5.74) is 0. The second-order valence-corrected chi connectivity index (χ2v) is 2.01. The molecule has 0 aliphatic rings. The zero-order chi connectivity index (χ0) is 6.78. The molecule has 0 saturated heterocycles. The van der Waals surface area contributed by atoms with Crippen molar-refractivity contribution in [3.8, 4) is 0 Å². The maximum atomic E-state index is 11.5. The summed E-state index contributed by atoms with van der Waals surface area (Å²) >= 11 is 0. The Kier molecular flexibility index (Phi) is 2.38. The van der Waals surface area contributed by atoms with Crippen LogP contribution in [-0.2, 0) is 0 Å². The second-order valence-electron chi connectivity index (χ2n) is 2.01. The molecular weight excluding hydrogens is 116 g/mol. The average Bonchev–Trinajstić information content (AvgIpc) is 1.62. The summed E-state index contributed by atoms with van der Waals surface area (Å²) in [6.07, 6.45) is 0.198. The van der Waals surface area contributed by atoms with Crippen molar-refractivity contribution in [2.75, 3.05) is 0 Å². The van der Waals surface area contributed by atoms with E-state index in [0.717, 1.165) is 0 Å². The maximum Gasteiger partial charge on any atom is 0.481 e. The molecule has 0 N–H and O–H groups in total. The Hall–Kier alpha value is -0.145. The van der Waals surface area contributed by atoms with Crippen molar-refractivity contribution in [1.29, 1.82) is 0 Å². The summed E-state index contributed by atoms with van der Waals surface area (Å²) in [5.74, 6) is -1.09. The molecule has 8 heavy (non-hydrogen) atoms. The van der Waals surface area contributed by atoms with Gasteiger partial charge in [0, 0.05) is 0 Å². The van der Waals surface area contributed by atoms with Crippen LogP contribution >= 0.6 is 0 Å². The largest absolute Gasteiger partial charge is 0.481 e. The fraction of sp³-hybridized carbons (Fsp3) is 1.00. The average molecular weight is 125 g/mol. The molecule has 0 aromatic carbocycles. The van der Waals surface area contributed by atoms with Gasteiger partial charge in [0.1, 0.15) is 0 Å². The highest BCUT2D eigenvalue weighted by Crippen LogP contribution is 2.27. The Balaban J connectivity index is 3.62. The Morgan fingerprint density at radius 3 is 1.75 bits per heavy atom. The van der Waals surface area contributed by atoms with Crippen LogP contribution < -0.4 is 0 Å². The molecule has 0 aromatic heterocycles. The van der Waals surface area contributed by atoms with Gasteiger partial charge in [0.25, 0.3) is 0 Å². The van der Waals surface area contributed by atoms with Crippen molar-refractivity contribution in [2.45, 2.75) is 26.1 Å². The van der Waals surface area contributed by atoms with E-state index in [4.69, 9.17) is 0 Å². The fourth-order valence-electron chi connectivity index (χ4n) is 0.267. The number of rotatable bonds is 2. The molecule has 0 fully saturated rings. The van der Waals surface area contributed by atoms with Gasteiger partial charge in [-0.3, -0.25) is 0 Å². The van der Waals surface area contributed by atoms with Crippen molar-refractivity contribution in [1.82, 2.24) is 0 Å². The van der Waals surface area contributed by atoms with Crippen LogP contribution in [-0.4, -0.2) is 6.98 Å². The van der Waals surface area contributed by atoms with Gasteiger partial charge >= 0.3 is 6.98 Å². The summed E-state index contributed by atoms with van der Waals surface area (Å²) in [6.45, 7) is -1.81. The van der Waals surface area contributed by atoms with Gasteiger partial charge in [0.2, 0.25) is 0 Å². The van der Waals surface area contributed by atoms with Crippen LogP contribution in [0, 0.1) is 0 Å². The minimum Gasteiger partial charge on any atom is -0.449 e. The molecule has 1 atom stereocenters. The molecule has 0 nitrogen and oxygen atoms in total. The predicted molar refractivity (Wildman–Crippen MR) is 28.8 cm³/mol. The molecule has 0 radical (unpaired) electrons. The lowest BCUT2D eigenvalue weighted by molar-refractivity contribution is 0.435. The standard InChI is InChI=1S/C4H9BF3/c1-3-4(2)5(6,7)8/h4H,3H2,1-2H3/q-1. The van der Waals surface area contributed by atoms with E-state index in [-0.39, 0.29) is 6.42 Å². The highest BCUT2D eigenvalue weighted by atomic mass is 19.4. The van der Waals surface area contributed by atoms with Crippen molar-refractivity contribution in [2.24, 2.45) is 0 Å². The molecule has 0 bridgehead atoms. The Bertz CT molecular complexity index is 68.2. The first-order valence-corrected chi connectivity index (χ1v) is 2.68. The lowest BCUT2D eigenvalue weighted by Gasteiger charge is -2.20. The number of halogens is 3. The minimum atomic E-state index is -4.56. The number of hydrogen-bond donors (Lipinski definition) is 0. The van der Waals surface area contributed by atoms with Crippen LogP contribution in [0.15, 0.2) is 0 Å². The molecule has 4 heteroatoms. The lowest BCUT2D eigenvalue weighted by atomic mass is 9.73. The van der Waals surface area contributed by atoms with Crippen molar-refractivity contribution in [3.63, 3.8) is 0 Å². The third-order valence-electron chi connectivity index (χ3n) is 1.29. The van der Waals surface area contributed by atoms with E-state index in [0.29, 0.717) is 0 Å². The normalized spacial score (nSPS) is 16.1. The van der Waals surface area contributed by atoms with E-state index in [1.165, 1.54) is 6.92 Å². The third-order valence-corrected chi connectivity index (χ3v) is 1.29. The summed E-state index contributed by atoms with van der Waals surface area (Å²) in [6, 6.07) is 0. The van der Waals surface area contributed by atoms with Gasteiger partial charge in [-0.15, -0.1) is 0 Å². The monoisotopic (exact) mass is 125 g/mol. The predicted octanol–water partition coefficient (Wildman–Crippen LogP) is 2.63. The van der Waals surface area contributed by atoms with Crippen LogP contribution in [0.1, 0.15) is 20.3 Å². The van der Waals surface area contributed by atoms with E-state index < -0.39 is 12.8 Å². The molecule has 0 aliphatic carbocycles. The molecule has 50 valence electrons. The summed E-state index contributed by atoms with van der Waals surface area (Å²) in [4.78, 5) is 0. The second kappa shape index (κ2) is 2.42. The molecular formula is C4H9BF3-. The maximum absolute atomic E-state index is 11.5. The van der Waals surface area contributed by atoms with E-state index in [2.05, 4.69) is 0 Å².